The van der Waals surface area contributed by atoms with Gasteiger partial charge in [-0.15, -0.1) is 0 Å². The molecule has 6 nitrogen and oxygen atoms in total. The lowest BCUT2D eigenvalue weighted by molar-refractivity contribution is 0.281. The molecule has 0 amide bonds. The Morgan fingerprint density at radius 2 is 2.04 bits per heavy atom. The zero-order valence-corrected chi connectivity index (χ0v) is 15.0. The van der Waals surface area contributed by atoms with Crippen molar-refractivity contribution in [2.75, 3.05) is 17.2 Å². The highest BCUT2D eigenvalue weighted by molar-refractivity contribution is 7.19. The quantitative estimate of drug-likeness (QED) is 0.638. The van der Waals surface area contributed by atoms with Gasteiger partial charge in [-0.25, -0.2) is 19.3 Å². The zero-order chi connectivity index (χ0) is 18.1. The number of benzene rings is 1. The van der Waals surface area contributed by atoms with Crippen LogP contribution >= 0.6 is 11.3 Å². The van der Waals surface area contributed by atoms with Crippen molar-refractivity contribution >= 4 is 28.1 Å². The summed E-state index contributed by atoms with van der Waals surface area (Å²) in [6, 6.07) is 6.02. The fraction of sp³-hybridized carbons (Fsp3) is 0.278. The summed E-state index contributed by atoms with van der Waals surface area (Å²) in [5, 5.41) is 16.3. The second-order valence-electron chi connectivity index (χ2n) is 6.22. The number of aliphatic hydroxyl groups excluding tert-OH is 1. The minimum Gasteiger partial charge on any atom is -0.394 e. The molecule has 1 aromatic carbocycles. The van der Waals surface area contributed by atoms with E-state index in [1.165, 1.54) is 23.5 Å². The number of aryl methyl sites for hydroxylation is 2. The number of nitrogens with zero attached hydrogens (tertiary/aromatic N) is 3. The van der Waals surface area contributed by atoms with E-state index in [2.05, 4.69) is 25.6 Å². The van der Waals surface area contributed by atoms with Gasteiger partial charge in [0.05, 0.1) is 22.9 Å². The van der Waals surface area contributed by atoms with Crippen LogP contribution in [-0.2, 0) is 12.8 Å². The predicted molar refractivity (Wildman–Crippen MR) is 100 cm³/mol. The molecule has 1 aliphatic rings. The molecule has 0 aliphatic heterocycles. The Bertz CT molecular complexity index is 928. The molecule has 2 aromatic heterocycles. The fourth-order valence-electron chi connectivity index (χ4n) is 2.79. The molecule has 0 bridgehead atoms. The number of fused-ring (bicyclic) bond motifs is 3. The van der Waals surface area contributed by atoms with Gasteiger partial charge in [0.15, 0.2) is 5.13 Å². The van der Waals surface area contributed by atoms with Crippen molar-refractivity contribution in [3.05, 3.63) is 47.5 Å². The normalized spacial score (nSPS) is 13.7. The van der Waals surface area contributed by atoms with E-state index >= 15 is 0 Å². The summed E-state index contributed by atoms with van der Waals surface area (Å²) in [5.74, 6) is 0.184. The molecule has 2 heterocycles. The number of aliphatic hydroxyl groups is 1. The average Bonchev–Trinajstić information content (AvgIpc) is 3.06. The number of rotatable bonds is 5. The van der Waals surface area contributed by atoms with Gasteiger partial charge < -0.3 is 15.7 Å². The van der Waals surface area contributed by atoms with Crippen LogP contribution in [0.2, 0.25) is 0 Å². The third-order valence-corrected chi connectivity index (χ3v) is 5.19. The van der Waals surface area contributed by atoms with Crippen LogP contribution in [0.25, 0.3) is 10.6 Å². The van der Waals surface area contributed by atoms with Gasteiger partial charge in [0.25, 0.3) is 0 Å². The maximum Gasteiger partial charge on any atom is 0.227 e. The average molecular weight is 371 g/mol. The van der Waals surface area contributed by atoms with E-state index in [0.717, 1.165) is 45.5 Å². The van der Waals surface area contributed by atoms with Gasteiger partial charge in [-0.2, -0.15) is 0 Å². The first kappa shape index (κ1) is 16.9. The van der Waals surface area contributed by atoms with Crippen molar-refractivity contribution in [2.24, 2.45) is 0 Å². The molecule has 0 fully saturated rings. The minimum atomic E-state index is -0.284. The van der Waals surface area contributed by atoms with Crippen LogP contribution in [0.1, 0.15) is 18.2 Å². The number of hydrogen-bond acceptors (Lipinski definition) is 7. The number of nitrogens with one attached hydrogen (secondary N) is 2. The van der Waals surface area contributed by atoms with Gasteiger partial charge in [-0.05, 0) is 49.6 Å². The van der Waals surface area contributed by atoms with Crippen LogP contribution in [0.3, 0.4) is 0 Å². The first-order valence-electron chi connectivity index (χ1n) is 8.38. The van der Waals surface area contributed by atoms with Crippen molar-refractivity contribution < 1.29 is 9.50 Å². The van der Waals surface area contributed by atoms with Crippen molar-refractivity contribution in [2.45, 2.75) is 25.8 Å². The van der Waals surface area contributed by atoms with Crippen molar-refractivity contribution in [3.8, 4) is 10.6 Å². The number of halogens is 1. The number of aromatic nitrogens is 3. The number of anilines is 3. The van der Waals surface area contributed by atoms with E-state index in [1.54, 1.807) is 12.1 Å². The highest BCUT2D eigenvalue weighted by Gasteiger charge is 2.23. The predicted octanol–water partition coefficient (Wildman–Crippen LogP) is 3.37. The topological polar surface area (TPSA) is 83.0 Å². The third-order valence-electron chi connectivity index (χ3n) is 4.15. The van der Waals surface area contributed by atoms with Crippen LogP contribution in [-0.4, -0.2) is 32.7 Å². The van der Waals surface area contributed by atoms with Crippen molar-refractivity contribution in [3.63, 3.8) is 0 Å². The molecular formula is C18H18FN5OS. The Morgan fingerprint density at radius 3 is 2.81 bits per heavy atom. The molecular weight excluding hydrogens is 353 g/mol. The monoisotopic (exact) mass is 371 g/mol. The van der Waals surface area contributed by atoms with Crippen LogP contribution in [0, 0.1) is 5.82 Å². The molecule has 134 valence electrons. The van der Waals surface area contributed by atoms with Crippen LogP contribution in [0.15, 0.2) is 30.5 Å². The van der Waals surface area contributed by atoms with Gasteiger partial charge >= 0.3 is 0 Å². The van der Waals surface area contributed by atoms with Gasteiger partial charge in [0, 0.05) is 17.9 Å². The molecule has 3 N–H and O–H groups in total. The van der Waals surface area contributed by atoms with E-state index in [-0.39, 0.29) is 18.5 Å². The molecule has 1 aliphatic carbocycles. The van der Waals surface area contributed by atoms with Crippen LogP contribution in [0.4, 0.5) is 21.2 Å². The number of hydrogen-bond donors (Lipinski definition) is 3. The molecule has 1 unspecified atom stereocenters. The smallest absolute Gasteiger partial charge is 0.227 e. The first-order valence-corrected chi connectivity index (χ1v) is 9.20. The zero-order valence-electron chi connectivity index (χ0n) is 14.2. The minimum absolute atomic E-state index is 0.0503. The first-order chi connectivity index (χ1) is 12.6. The summed E-state index contributed by atoms with van der Waals surface area (Å²) in [6.45, 7) is 1.95. The van der Waals surface area contributed by atoms with Crippen LogP contribution < -0.4 is 10.6 Å². The second-order valence-corrected chi connectivity index (χ2v) is 7.22. The lowest BCUT2D eigenvalue weighted by atomic mass is 10.00. The standard InChI is InChI=1S/C18H18FN5OS/c1-10(9-25)21-18-23-14-7-2-11-8-20-17(24-15(11)16(14)26-18)22-13-5-3-12(19)4-6-13/h3-6,8,10,25H,2,7,9H2,1H3,(H,21,23)(H,20,22,24). The fourth-order valence-corrected chi connectivity index (χ4v) is 3.93. The lowest BCUT2D eigenvalue weighted by Crippen LogP contribution is -2.19. The summed E-state index contributed by atoms with van der Waals surface area (Å²) in [6.07, 6.45) is 3.53. The Labute approximate surface area is 154 Å². The van der Waals surface area contributed by atoms with E-state index in [9.17, 15) is 9.50 Å². The van der Waals surface area contributed by atoms with E-state index < -0.39 is 0 Å². The summed E-state index contributed by atoms with van der Waals surface area (Å²) >= 11 is 1.54. The van der Waals surface area contributed by atoms with Gasteiger partial charge in [0.1, 0.15) is 5.82 Å². The molecule has 1 atom stereocenters. The van der Waals surface area contributed by atoms with Crippen LogP contribution in [0.5, 0.6) is 0 Å². The summed E-state index contributed by atoms with van der Waals surface area (Å²) in [7, 11) is 0. The van der Waals surface area contributed by atoms with E-state index in [0.29, 0.717) is 5.95 Å². The third kappa shape index (κ3) is 3.38. The molecule has 0 spiro atoms. The molecule has 8 heteroatoms. The van der Waals surface area contributed by atoms with Gasteiger partial charge in [-0.1, -0.05) is 11.3 Å². The molecule has 0 saturated carbocycles. The maximum atomic E-state index is 13.0. The Kier molecular flexibility index (Phi) is 4.52. The van der Waals surface area contributed by atoms with Crippen molar-refractivity contribution in [1.29, 1.82) is 0 Å². The maximum absolute atomic E-state index is 13.0. The second kappa shape index (κ2) is 6.97. The summed E-state index contributed by atoms with van der Waals surface area (Å²) in [5.41, 5.74) is 3.72. The lowest BCUT2D eigenvalue weighted by Gasteiger charge is -2.14. The van der Waals surface area contributed by atoms with Gasteiger partial charge in [-0.3, -0.25) is 0 Å². The summed E-state index contributed by atoms with van der Waals surface area (Å²) in [4.78, 5) is 14.7. The summed E-state index contributed by atoms with van der Waals surface area (Å²) < 4.78 is 13.0. The van der Waals surface area contributed by atoms with E-state index in [1.807, 2.05) is 13.1 Å². The Hall–Kier alpha value is -2.58. The Morgan fingerprint density at radius 1 is 1.23 bits per heavy atom. The highest BCUT2D eigenvalue weighted by Crippen LogP contribution is 2.38. The van der Waals surface area contributed by atoms with Crippen molar-refractivity contribution in [1.82, 2.24) is 15.0 Å². The van der Waals surface area contributed by atoms with Gasteiger partial charge in [0.2, 0.25) is 5.95 Å². The number of thiazole rings is 1. The molecule has 0 radical (unpaired) electrons. The Balaban J connectivity index is 1.63. The molecule has 0 saturated heterocycles. The molecule has 26 heavy (non-hydrogen) atoms. The molecule has 3 aromatic rings. The largest absolute Gasteiger partial charge is 0.394 e. The SMILES string of the molecule is CC(CO)Nc1nc2c(s1)-c1nc(Nc3ccc(F)cc3)ncc1CC2. The van der Waals surface area contributed by atoms with E-state index in [4.69, 9.17) is 0 Å². The molecule has 4 rings (SSSR count). The highest BCUT2D eigenvalue weighted by atomic mass is 32.1.